The minimum absolute atomic E-state index is 0.0728. The van der Waals surface area contributed by atoms with Crippen molar-refractivity contribution in [3.63, 3.8) is 0 Å². The highest BCUT2D eigenvalue weighted by Gasteiger charge is 2.20. The number of carbonyl (C=O) groups excluding carboxylic acids is 1. The van der Waals surface area contributed by atoms with Gasteiger partial charge in [0.15, 0.2) is 5.78 Å². The number of ketones is 1. The van der Waals surface area contributed by atoms with Crippen LogP contribution < -0.4 is 5.73 Å². The molecule has 0 aliphatic carbocycles. The van der Waals surface area contributed by atoms with Crippen LogP contribution in [0.25, 0.3) is 11.1 Å². The maximum atomic E-state index is 12.4. The predicted octanol–water partition coefficient (Wildman–Crippen LogP) is 3.78. The summed E-state index contributed by atoms with van der Waals surface area (Å²) in [5.74, 6) is -1.33. The molecule has 0 fully saturated rings. The lowest BCUT2D eigenvalue weighted by Crippen LogP contribution is -2.13. The zero-order valence-corrected chi connectivity index (χ0v) is 12.9. The Balaban J connectivity index is 2.74. The third-order valence-corrected chi connectivity index (χ3v) is 3.70. The van der Waals surface area contributed by atoms with Crippen LogP contribution >= 0.6 is 0 Å². The molecule has 2 rings (SSSR count). The van der Waals surface area contributed by atoms with Crippen molar-refractivity contribution < 1.29 is 14.7 Å². The summed E-state index contributed by atoms with van der Waals surface area (Å²) in [6.07, 6.45) is 0. The maximum Gasteiger partial charge on any atom is 0.335 e. The molecule has 4 nitrogen and oxygen atoms in total. The standard InChI is InChI=1S/C18H19NO3/c1-10(2)17(20)14-8-12(9-15(11(14)3)18(21)22)13-6-4-5-7-16(13)19/h4-10H,19H2,1-3H3,(H,21,22). The number of carboxylic acids is 1. The summed E-state index contributed by atoms with van der Waals surface area (Å²) in [5.41, 5.74) is 8.94. The van der Waals surface area contributed by atoms with Crippen molar-refractivity contribution in [3.05, 3.63) is 53.1 Å². The lowest BCUT2D eigenvalue weighted by atomic mass is 9.89. The molecular formula is C18H19NO3. The van der Waals surface area contributed by atoms with Crippen LogP contribution in [0.3, 0.4) is 0 Å². The Morgan fingerprint density at radius 1 is 1.09 bits per heavy atom. The van der Waals surface area contributed by atoms with Crippen LogP contribution in [0.2, 0.25) is 0 Å². The molecular weight excluding hydrogens is 278 g/mol. The number of para-hydroxylation sites is 1. The molecule has 22 heavy (non-hydrogen) atoms. The molecule has 0 atom stereocenters. The normalized spacial score (nSPS) is 10.7. The summed E-state index contributed by atoms with van der Waals surface area (Å²) in [6, 6.07) is 10.5. The van der Waals surface area contributed by atoms with Gasteiger partial charge in [0.25, 0.3) is 0 Å². The van der Waals surface area contributed by atoms with Crippen LogP contribution in [-0.4, -0.2) is 16.9 Å². The highest BCUT2D eigenvalue weighted by atomic mass is 16.4. The van der Waals surface area contributed by atoms with Crippen LogP contribution in [-0.2, 0) is 0 Å². The number of nitrogens with two attached hydrogens (primary N) is 1. The van der Waals surface area contributed by atoms with Crippen molar-refractivity contribution >= 4 is 17.4 Å². The predicted molar refractivity (Wildman–Crippen MR) is 87.2 cm³/mol. The number of hydrogen-bond acceptors (Lipinski definition) is 3. The van der Waals surface area contributed by atoms with Gasteiger partial charge in [-0.05, 0) is 36.2 Å². The fraction of sp³-hybridized carbons (Fsp3) is 0.222. The molecule has 0 aromatic heterocycles. The fourth-order valence-corrected chi connectivity index (χ4v) is 2.42. The average Bonchev–Trinajstić information content (AvgIpc) is 2.47. The van der Waals surface area contributed by atoms with Gasteiger partial charge in [0.05, 0.1) is 5.56 Å². The first kappa shape index (κ1) is 15.8. The van der Waals surface area contributed by atoms with Crippen molar-refractivity contribution in [1.82, 2.24) is 0 Å². The molecule has 0 radical (unpaired) electrons. The van der Waals surface area contributed by atoms with Gasteiger partial charge in [-0.25, -0.2) is 4.79 Å². The van der Waals surface area contributed by atoms with Gasteiger partial charge >= 0.3 is 5.97 Å². The van der Waals surface area contributed by atoms with Gasteiger partial charge < -0.3 is 10.8 Å². The van der Waals surface area contributed by atoms with Crippen LogP contribution in [0.1, 0.15) is 40.1 Å². The average molecular weight is 297 g/mol. The Kier molecular flexibility index (Phi) is 4.31. The number of Topliss-reactive ketones (excluding diaryl/α,β-unsaturated/α-hetero) is 1. The first-order chi connectivity index (χ1) is 10.3. The van der Waals surface area contributed by atoms with E-state index >= 15 is 0 Å². The number of benzene rings is 2. The van der Waals surface area contributed by atoms with E-state index < -0.39 is 5.97 Å². The highest BCUT2D eigenvalue weighted by Crippen LogP contribution is 2.30. The minimum Gasteiger partial charge on any atom is -0.478 e. The molecule has 0 bridgehead atoms. The summed E-state index contributed by atoms with van der Waals surface area (Å²) >= 11 is 0. The van der Waals surface area contributed by atoms with Gasteiger partial charge in [0.2, 0.25) is 0 Å². The molecule has 0 saturated carbocycles. The van der Waals surface area contributed by atoms with Crippen LogP contribution in [0.4, 0.5) is 5.69 Å². The lowest BCUT2D eigenvalue weighted by molar-refractivity contribution is 0.0696. The molecule has 2 aromatic carbocycles. The molecule has 0 unspecified atom stereocenters. The maximum absolute atomic E-state index is 12.4. The van der Waals surface area contributed by atoms with E-state index in [1.807, 2.05) is 18.2 Å². The number of anilines is 1. The van der Waals surface area contributed by atoms with E-state index in [1.165, 1.54) is 0 Å². The summed E-state index contributed by atoms with van der Waals surface area (Å²) in [7, 11) is 0. The minimum atomic E-state index is -1.05. The van der Waals surface area contributed by atoms with E-state index in [0.29, 0.717) is 22.4 Å². The molecule has 114 valence electrons. The molecule has 0 amide bonds. The van der Waals surface area contributed by atoms with E-state index in [0.717, 1.165) is 5.56 Å². The largest absolute Gasteiger partial charge is 0.478 e. The van der Waals surface area contributed by atoms with E-state index in [-0.39, 0.29) is 17.3 Å². The zero-order chi connectivity index (χ0) is 16.4. The van der Waals surface area contributed by atoms with Gasteiger partial charge in [-0.15, -0.1) is 0 Å². The molecule has 0 spiro atoms. The summed E-state index contributed by atoms with van der Waals surface area (Å²) in [4.78, 5) is 23.9. The Bertz CT molecular complexity index is 748. The highest BCUT2D eigenvalue weighted by molar-refractivity contribution is 6.04. The molecule has 3 N–H and O–H groups in total. The monoisotopic (exact) mass is 297 g/mol. The van der Waals surface area contributed by atoms with Gasteiger partial charge in [0.1, 0.15) is 0 Å². The number of aromatic carboxylic acids is 1. The molecule has 0 aliphatic heterocycles. The zero-order valence-electron chi connectivity index (χ0n) is 12.9. The van der Waals surface area contributed by atoms with Crippen molar-refractivity contribution in [2.75, 3.05) is 5.73 Å². The van der Waals surface area contributed by atoms with E-state index in [4.69, 9.17) is 5.73 Å². The number of nitrogen functional groups attached to an aromatic ring is 1. The Hall–Kier alpha value is -2.62. The Morgan fingerprint density at radius 2 is 1.68 bits per heavy atom. The Morgan fingerprint density at radius 3 is 2.23 bits per heavy atom. The topological polar surface area (TPSA) is 80.4 Å². The SMILES string of the molecule is Cc1c(C(=O)O)cc(-c2ccccc2N)cc1C(=O)C(C)C. The molecule has 0 heterocycles. The first-order valence-electron chi connectivity index (χ1n) is 7.10. The number of hydrogen-bond donors (Lipinski definition) is 2. The lowest BCUT2D eigenvalue weighted by Gasteiger charge is -2.14. The summed E-state index contributed by atoms with van der Waals surface area (Å²) in [5, 5.41) is 9.41. The Labute approximate surface area is 129 Å². The van der Waals surface area contributed by atoms with Crippen LogP contribution in [0, 0.1) is 12.8 Å². The van der Waals surface area contributed by atoms with Gasteiger partial charge in [0, 0.05) is 22.7 Å². The van der Waals surface area contributed by atoms with Crippen LogP contribution in [0.5, 0.6) is 0 Å². The number of carbonyl (C=O) groups is 2. The number of rotatable bonds is 4. The van der Waals surface area contributed by atoms with Crippen molar-refractivity contribution in [1.29, 1.82) is 0 Å². The molecule has 4 heteroatoms. The van der Waals surface area contributed by atoms with Gasteiger partial charge in [-0.1, -0.05) is 32.0 Å². The molecule has 2 aromatic rings. The summed E-state index contributed by atoms with van der Waals surface area (Å²) < 4.78 is 0. The second-order valence-electron chi connectivity index (χ2n) is 5.61. The van der Waals surface area contributed by atoms with E-state index in [2.05, 4.69) is 0 Å². The van der Waals surface area contributed by atoms with E-state index in [9.17, 15) is 14.7 Å². The molecule has 0 aliphatic rings. The van der Waals surface area contributed by atoms with Gasteiger partial charge in [-0.3, -0.25) is 4.79 Å². The van der Waals surface area contributed by atoms with E-state index in [1.54, 1.807) is 39.0 Å². The number of carboxylic acid groups (broad SMARTS) is 1. The van der Waals surface area contributed by atoms with Gasteiger partial charge in [-0.2, -0.15) is 0 Å². The third kappa shape index (κ3) is 2.86. The molecule has 0 saturated heterocycles. The summed E-state index contributed by atoms with van der Waals surface area (Å²) in [6.45, 7) is 5.26. The fourth-order valence-electron chi connectivity index (χ4n) is 2.42. The quantitative estimate of drug-likeness (QED) is 0.664. The second kappa shape index (κ2) is 6.02. The van der Waals surface area contributed by atoms with Crippen molar-refractivity contribution in [2.24, 2.45) is 5.92 Å². The smallest absolute Gasteiger partial charge is 0.335 e. The first-order valence-corrected chi connectivity index (χ1v) is 7.10. The van der Waals surface area contributed by atoms with Crippen molar-refractivity contribution in [3.8, 4) is 11.1 Å². The van der Waals surface area contributed by atoms with Crippen molar-refractivity contribution in [2.45, 2.75) is 20.8 Å². The van der Waals surface area contributed by atoms with Crippen LogP contribution in [0.15, 0.2) is 36.4 Å². The second-order valence-corrected chi connectivity index (χ2v) is 5.61. The third-order valence-electron chi connectivity index (χ3n) is 3.70.